The van der Waals surface area contributed by atoms with Crippen LogP contribution in [-0.4, -0.2) is 10.9 Å². The highest BCUT2D eigenvalue weighted by Gasteiger charge is 2.21. The summed E-state index contributed by atoms with van der Waals surface area (Å²) in [6, 6.07) is 15.5. The van der Waals surface area contributed by atoms with Crippen LogP contribution >= 0.6 is 11.6 Å². The molecule has 2 aromatic carbocycles. The van der Waals surface area contributed by atoms with E-state index in [4.69, 9.17) is 11.6 Å². The van der Waals surface area contributed by atoms with Crippen molar-refractivity contribution in [2.45, 2.75) is 32.1 Å². The number of anilines is 1. The van der Waals surface area contributed by atoms with Crippen LogP contribution in [0.15, 0.2) is 60.9 Å². The fourth-order valence-corrected chi connectivity index (χ4v) is 3.22. The van der Waals surface area contributed by atoms with Crippen molar-refractivity contribution in [3.8, 4) is 0 Å². The van der Waals surface area contributed by atoms with Crippen molar-refractivity contribution in [3.63, 3.8) is 0 Å². The van der Waals surface area contributed by atoms with Gasteiger partial charge in [-0.2, -0.15) is 0 Å². The molecular formula is C21H21ClN2O. The molecule has 1 amide bonds. The zero-order valence-corrected chi connectivity index (χ0v) is 15.0. The smallest absolute Gasteiger partial charge is 0.231 e. The number of hydrogen-bond acceptors (Lipinski definition) is 2. The number of pyridine rings is 1. The minimum absolute atomic E-state index is 0.0196. The van der Waals surface area contributed by atoms with Gasteiger partial charge in [-0.25, -0.2) is 0 Å². The quantitative estimate of drug-likeness (QED) is 0.609. The Hall–Kier alpha value is -2.39. The van der Waals surface area contributed by atoms with E-state index < -0.39 is 0 Å². The first-order valence-corrected chi connectivity index (χ1v) is 8.96. The first-order chi connectivity index (χ1) is 12.2. The molecule has 0 aliphatic rings. The van der Waals surface area contributed by atoms with Gasteiger partial charge in [-0.1, -0.05) is 67.8 Å². The van der Waals surface area contributed by atoms with Crippen molar-refractivity contribution in [2.75, 3.05) is 5.32 Å². The average molecular weight is 353 g/mol. The summed E-state index contributed by atoms with van der Waals surface area (Å²) in [7, 11) is 0. The van der Waals surface area contributed by atoms with Crippen molar-refractivity contribution < 1.29 is 4.79 Å². The average Bonchev–Trinajstić information content (AvgIpc) is 2.62. The van der Waals surface area contributed by atoms with Gasteiger partial charge in [0.25, 0.3) is 0 Å². The Labute approximate surface area is 153 Å². The van der Waals surface area contributed by atoms with Gasteiger partial charge >= 0.3 is 0 Å². The maximum absolute atomic E-state index is 13.0. The lowest BCUT2D eigenvalue weighted by Gasteiger charge is -2.18. The number of hydrogen-bond donors (Lipinski definition) is 1. The number of nitrogens with zero attached hydrogens (tertiary/aromatic N) is 1. The van der Waals surface area contributed by atoms with Crippen molar-refractivity contribution in [1.29, 1.82) is 0 Å². The molecule has 0 bridgehead atoms. The van der Waals surface area contributed by atoms with Crippen molar-refractivity contribution in [2.24, 2.45) is 0 Å². The van der Waals surface area contributed by atoms with Crippen LogP contribution in [0.4, 0.5) is 5.69 Å². The Morgan fingerprint density at radius 1 is 1.16 bits per heavy atom. The van der Waals surface area contributed by atoms with Gasteiger partial charge in [0, 0.05) is 22.0 Å². The molecule has 4 heteroatoms. The molecule has 1 heterocycles. The molecule has 1 atom stereocenters. The molecule has 3 rings (SSSR count). The first kappa shape index (κ1) is 17.4. The standard InChI is InChI=1S/C21H21ClN2O/c1-2-3-10-19(15-8-6-9-17(22)12-15)21(25)24-20-14-23-13-16-7-4-5-11-18(16)20/h4-9,11-14,19H,2-3,10H2,1H3,(H,24,25). The maximum atomic E-state index is 13.0. The van der Waals surface area contributed by atoms with Gasteiger partial charge in [-0.05, 0) is 24.1 Å². The fraction of sp³-hybridized carbons (Fsp3) is 0.238. The largest absolute Gasteiger partial charge is 0.324 e. The molecule has 0 spiro atoms. The van der Waals surface area contributed by atoms with Crippen LogP contribution in [0.1, 0.15) is 37.7 Å². The normalized spacial score (nSPS) is 12.1. The van der Waals surface area contributed by atoms with Gasteiger partial charge in [0.1, 0.15) is 0 Å². The van der Waals surface area contributed by atoms with Gasteiger partial charge in [-0.15, -0.1) is 0 Å². The van der Waals surface area contributed by atoms with Crippen LogP contribution in [0, 0.1) is 0 Å². The van der Waals surface area contributed by atoms with E-state index in [1.165, 1.54) is 0 Å². The summed E-state index contributed by atoms with van der Waals surface area (Å²) in [5.41, 5.74) is 1.69. The number of amides is 1. The van der Waals surface area contributed by atoms with E-state index >= 15 is 0 Å². The predicted octanol–water partition coefficient (Wildman–Crippen LogP) is 5.80. The van der Waals surface area contributed by atoms with E-state index in [-0.39, 0.29) is 11.8 Å². The monoisotopic (exact) mass is 352 g/mol. The van der Waals surface area contributed by atoms with Crippen molar-refractivity contribution in [3.05, 3.63) is 71.5 Å². The minimum Gasteiger partial charge on any atom is -0.324 e. The minimum atomic E-state index is -0.224. The van der Waals surface area contributed by atoms with Gasteiger partial charge in [0.2, 0.25) is 5.91 Å². The summed E-state index contributed by atoms with van der Waals surface area (Å²) in [5.74, 6) is -0.244. The molecule has 0 fully saturated rings. The summed E-state index contributed by atoms with van der Waals surface area (Å²) in [6.45, 7) is 2.13. The van der Waals surface area contributed by atoms with Gasteiger partial charge in [-0.3, -0.25) is 9.78 Å². The molecule has 0 saturated heterocycles. The Morgan fingerprint density at radius 3 is 2.80 bits per heavy atom. The molecule has 25 heavy (non-hydrogen) atoms. The SMILES string of the molecule is CCCCC(C(=O)Nc1cncc2ccccc12)c1cccc(Cl)c1. The van der Waals surface area contributed by atoms with E-state index in [0.717, 1.165) is 41.3 Å². The van der Waals surface area contributed by atoms with Gasteiger partial charge in [0.15, 0.2) is 0 Å². The number of fused-ring (bicyclic) bond motifs is 1. The first-order valence-electron chi connectivity index (χ1n) is 8.58. The van der Waals surface area contributed by atoms with E-state index in [0.29, 0.717) is 5.02 Å². The molecular weight excluding hydrogens is 332 g/mol. The Bertz CT molecular complexity index is 873. The van der Waals surface area contributed by atoms with E-state index in [1.54, 1.807) is 12.4 Å². The molecule has 1 N–H and O–H groups in total. The van der Waals surface area contributed by atoms with E-state index in [2.05, 4.69) is 17.2 Å². The fourth-order valence-electron chi connectivity index (χ4n) is 3.02. The highest BCUT2D eigenvalue weighted by Crippen LogP contribution is 2.28. The van der Waals surface area contributed by atoms with Crippen LogP contribution in [0.2, 0.25) is 5.02 Å². The third-order valence-corrected chi connectivity index (χ3v) is 4.58. The molecule has 1 aromatic heterocycles. The van der Waals surface area contributed by atoms with Crippen LogP contribution in [-0.2, 0) is 4.79 Å². The van der Waals surface area contributed by atoms with Crippen LogP contribution < -0.4 is 5.32 Å². The molecule has 3 aromatic rings. The summed E-state index contributed by atoms with van der Waals surface area (Å²) in [6.07, 6.45) is 6.32. The molecule has 128 valence electrons. The van der Waals surface area contributed by atoms with Crippen LogP contribution in [0.3, 0.4) is 0 Å². The second-order valence-corrected chi connectivity index (χ2v) is 6.58. The number of rotatable bonds is 6. The molecule has 1 unspecified atom stereocenters. The third kappa shape index (κ3) is 4.18. The summed E-state index contributed by atoms with van der Waals surface area (Å²) in [4.78, 5) is 17.2. The topological polar surface area (TPSA) is 42.0 Å². The summed E-state index contributed by atoms with van der Waals surface area (Å²) >= 11 is 6.12. The van der Waals surface area contributed by atoms with Gasteiger partial charge < -0.3 is 5.32 Å². The second-order valence-electron chi connectivity index (χ2n) is 6.15. The lowest BCUT2D eigenvalue weighted by atomic mass is 9.92. The Balaban J connectivity index is 1.89. The highest BCUT2D eigenvalue weighted by molar-refractivity contribution is 6.30. The third-order valence-electron chi connectivity index (χ3n) is 4.34. The number of carbonyl (C=O) groups is 1. The number of aromatic nitrogens is 1. The predicted molar refractivity (Wildman–Crippen MR) is 104 cm³/mol. The van der Waals surface area contributed by atoms with Crippen molar-refractivity contribution in [1.82, 2.24) is 4.98 Å². The Morgan fingerprint density at radius 2 is 2.00 bits per heavy atom. The lowest BCUT2D eigenvalue weighted by molar-refractivity contribution is -0.117. The molecule has 0 radical (unpaired) electrons. The van der Waals surface area contributed by atoms with E-state index in [9.17, 15) is 4.79 Å². The second kappa shape index (κ2) is 8.13. The molecule has 0 aliphatic heterocycles. The number of nitrogens with one attached hydrogen (secondary N) is 1. The van der Waals surface area contributed by atoms with Gasteiger partial charge in [0.05, 0.1) is 17.8 Å². The van der Waals surface area contributed by atoms with Crippen LogP contribution in [0.5, 0.6) is 0 Å². The zero-order chi connectivity index (χ0) is 17.6. The molecule has 3 nitrogen and oxygen atoms in total. The van der Waals surface area contributed by atoms with E-state index in [1.807, 2.05) is 48.5 Å². The highest BCUT2D eigenvalue weighted by atomic mass is 35.5. The van der Waals surface area contributed by atoms with Crippen molar-refractivity contribution >= 4 is 34.0 Å². The summed E-state index contributed by atoms with van der Waals surface area (Å²) in [5, 5.41) is 5.72. The Kier molecular flexibility index (Phi) is 5.67. The number of halogens is 1. The number of carbonyl (C=O) groups excluding carboxylic acids is 1. The maximum Gasteiger partial charge on any atom is 0.231 e. The number of benzene rings is 2. The molecule has 0 aliphatic carbocycles. The lowest BCUT2D eigenvalue weighted by Crippen LogP contribution is -2.21. The molecule has 0 saturated carbocycles. The van der Waals surface area contributed by atoms with Crippen LogP contribution in [0.25, 0.3) is 10.8 Å². The zero-order valence-electron chi connectivity index (χ0n) is 14.2. The number of unbranched alkanes of at least 4 members (excludes halogenated alkanes) is 1. The summed E-state index contributed by atoms with van der Waals surface area (Å²) < 4.78 is 0.